The summed E-state index contributed by atoms with van der Waals surface area (Å²) in [6, 6.07) is 6.92. The number of nitrogens with one attached hydrogen (secondary N) is 1. The van der Waals surface area contributed by atoms with Crippen molar-refractivity contribution in [3.8, 4) is 0 Å². The fraction of sp³-hybridized carbons (Fsp3) is 0.333. The first kappa shape index (κ1) is 12.1. The topological polar surface area (TPSA) is 72.2 Å². The SMILES string of the molecule is Nc1ccc(CS(=O)(=O)NC2CC=CC2)cc1. The maximum absolute atomic E-state index is 11.9. The average Bonchev–Trinajstić information content (AvgIpc) is 2.73. The van der Waals surface area contributed by atoms with Gasteiger partial charge in [0.25, 0.3) is 0 Å². The van der Waals surface area contributed by atoms with Crippen LogP contribution in [0.15, 0.2) is 36.4 Å². The fourth-order valence-electron chi connectivity index (χ4n) is 1.84. The van der Waals surface area contributed by atoms with E-state index in [2.05, 4.69) is 4.72 Å². The van der Waals surface area contributed by atoms with E-state index in [1.165, 1.54) is 0 Å². The third kappa shape index (κ3) is 3.57. The maximum Gasteiger partial charge on any atom is 0.216 e. The van der Waals surface area contributed by atoms with Gasteiger partial charge in [0.15, 0.2) is 0 Å². The molecule has 0 fully saturated rings. The lowest BCUT2D eigenvalue weighted by Gasteiger charge is -2.12. The Morgan fingerprint density at radius 3 is 2.35 bits per heavy atom. The molecule has 0 spiro atoms. The van der Waals surface area contributed by atoms with Crippen molar-refractivity contribution in [2.24, 2.45) is 0 Å². The van der Waals surface area contributed by atoms with Crippen molar-refractivity contribution in [3.05, 3.63) is 42.0 Å². The van der Waals surface area contributed by atoms with Crippen molar-refractivity contribution in [2.45, 2.75) is 24.6 Å². The second kappa shape index (κ2) is 4.89. The summed E-state index contributed by atoms with van der Waals surface area (Å²) < 4.78 is 26.4. The largest absolute Gasteiger partial charge is 0.399 e. The predicted octanol–water partition coefficient (Wildman–Crippen LogP) is 1.41. The summed E-state index contributed by atoms with van der Waals surface area (Å²) in [7, 11) is -3.26. The van der Waals surface area contributed by atoms with Gasteiger partial charge >= 0.3 is 0 Å². The summed E-state index contributed by atoms with van der Waals surface area (Å²) >= 11 is 0. The number of hydrogen-bond acceptors (Lipinski definition) is 3. The van der Waals surface area contributed by atoms with Crippen LogP contribution in [0.3, 0.4) is 0 Å². The van der Waals surface area contributed by atoms with Crippen molar-refractivity contribution in [2.75, 3.05) is 5.73 Å². The van der Waals surface area contributed by atoms with Gasteiger partial charge < -0.3 is 5.73 Å². The summed E-state index contributed by atoms with van der Waals surface area (Å²) in [5, 5.41) is 0. The van der Waals surface area contributed by atoms with Crippen LogP contribution in [0.1, 0.15) is 18.4 Å². The molecule has 0 saturated carbocycles. The van der Waals surface area contributed by atoms with Crippen molar-refractivity contribution in [3.63, 3.8) is 0 Å². The van der Waals surface area contributed by atoms with E-state index in [1.807, 2.05) is 12.2 Å². The van der Waals surface area contributed by atoms with E-state index in [9.17, 15) is 8.42 Å². The molecule has 1 aliphatic carbocycles. The maximum atomic E-state index is 11.9. The minimum absolute atomic E-state index is 0.00375. The minimum atomic E-state index is -3.26. The number of rotatable bonds is 4. The van der Waals surface area contributed by atoms with E-state index in [4.69, 9.17) is 5.73 Å². The van der Waals surface area contributed by atoms with Crippen LogP contribution >= 0.6 is 0 Å². The molecule has 0 aliphatic heterocycles. The predicted molar refractivity (Wildman–Crippen MR) is 68.8 cm³/mol. The third-order valence-corrected chi connectivity index (χ3v) is 4.10. The van der Waals surface area contributed by atoms with Crippen LogP contribution in [0.5, 0.6) is 0 Å². The zero-order valence-corrected chi connectivity index (χ0v) is 10.3. The lowest BCUT2D eigenvalue weighted by atomic mass is 10.2. The number of benzene rings is 1. The molecular weight excluding hydrogens is 236 g/mol. The summed E-state index contributed by atoms with van der Waals surface area (Å²) in [6.07, 6.45) is 5.55. The van der Waals surface area contributed by atoms with Gasteiger partial charge in [-0.05, 0) is 30.5 Å². The van der Waals surface area contributed by atoms with Gasteiger partial charge in [0.1, 0.15) is 0 Å². The molecule has 0 amide bonds. The number of nitrogens with two attached hydrogens (primary N) is 1. The van der Waals surface area contributed by atoms with Gasteiger partial charge in [-0.1, -0.05) is 24.3 Å². The first-order valence-corrected chi connectivity index (χ1v) is 7.20. The summed E-state index contributed by atoms with van der Waals surface area (Å²) in [5.41, 5.74) is 6.94. The number of nitrogen functional groups attached to an aromatic ring is 1. The van der Waals surface area contributed by atoms with E-state index in [-0.39, 0.29) is 11.8 Å². The van der Waals surface area contributed by atoms with Crippen molar-refractivity contribution in [1.82, 2.24) is 4.72 Å². The smallest absolute Gasteiger partial charge is 0.216 e. The molecule has 2 rings (SSSR count). The molecular formula is C12H16N2O2S. The van der Waals surface area contributed by atoms with Gasteiger partial charge in [-0.15, -0.1) is 0 Å². The molecule has 5 heteroatoms. The number of hydrogen-bond donors (Lipinski definition) is 2. The van der Waals surface area contributed by atoms with E-state index in [0.29, 0.717) is 5.69 Å². The lowest BCUT2D eigenvalue weighted by molar-refractivity contribution is 0.556. The highest BCUT2D eigenvalue weighted by molar-refractivity contribution is 7.88. The second-order valence-corrected chi connectivity index (χ2v) is 6.01. The highest BCUT2D eigenvalue weighted by Crippen LogP contribution is 2.13. The summed E-state index contributed by atoms with van der Waals surface area (Å²) in [5.74, 6) is 0.00375. The Bertz CT molecular complexity index is 498. The van der Waals surface area contributed by atoms with Crippen LogP contribution in [-0.4, -0.2) is 14.5 Å². The quantitative estimate of drug-likeness (QED) is 0.628. The molecule has 4 nitrogen and oxygen atoms in total. The Hall–Kier alpha value is -1.33. The van der Waals surface area contributed by atoms with Crippen molar-refractivity contribution in [1.29, 1.82) is 0 Å². The first-order chi connectivity index (χ1) is 8.05. The van der Waals surface area contributed by atoms with Gasteiger partial charge in [-0.2, -0.15) is 0 Å². The summed E-state index contributed by atoms with van der Waals surface area (Å²) in [4.78, 5) is 0. The van der Waals surface area contributed by atoms with Gasteiger partial charge in [0.05, 0.1) is 5.75 Å². The molecule has 17 heavy (non-hydrogen) atoms. The molecule has 1 aromatic rings. The highest BCUT2D eigenvalue weighted by Gasteiger charge is 2.18. The van der Waals surface area contributed by atoms with E-state index in [1.54, 1.807) is 24.3 Å². The zero-order valence-electron chi connectivity index (χ0n) is 9.46. The van der Waals surface area contributed by atoms with Crippen LogP contribution in [0.4, 0.5) is 5.69 Å². The second-order valence-electron chi connectivity index (χ2n) is 4.26. The Balaban J connectivity index is 1.99. The Morgan fingerprint density at radius 2 is 1.76 bits per heavy atom. The molecule has 0 saturated heterocycles. The Labute approximate surface area is 102 Å². The normalized spacial score (nSPS) is 16.5. The van der Waals surface area contributed by atoms with E-state index < -0.39 is 10.0 Å². The molecule has 3 N–H and O–H groups in total. The number of anilines is 1. The van der Waals surface area contributed by atoms with Gasteiger partial charge in [-0.25, -0.2) is 13.1 Å². The van der Waals surface area contributed by atoms with Crippen LogP contribution < -0.4 is 10.5 Å². The number of sulfonamides is 1. The highest BCUT2D eigenvalue weighted by atomic mass is 32.2. The van der Waals surface area contributed by atoms with Gasteiger partial charge in [0, 0.05) is 11.7 Å². The van der Waals surface area contributed by atoms with Crippen molar-refractivity contribution < 1.29 is 8.42 Å². The summed E-state index contributed by atoms with van der Waals surface area (Å²) in [6.45, 7) is 0. The fourth-order valence-corrected chi connectivity index (χ4v) is 3.26. The van der Waals surface area contributed by atoms with Crippen LogP contribution in [-0.2, 0) is 15.8 Å². The molecule has 0 bridgehead atoms. The third-order valence-electron chi connectivity index (χ3n) is 2.69. The Morgan fingerprint density at radius 1 is 1.18 bits per heavy atom. The Kier molecular flexibility index (Phi) is 3.49. The van der Waals surface area contributed by atoms with Crippen LogP contribution in [0.25, 0.3) is 0 Å². The molecule has 1 aliphatic rings. The molecule has 0 radical (unpaired) electrons. The molecule has 0 heterocycles. The lowest BCUT2D eigenvalue weighted by Crippen LogP contribution is -2.33. The average molecular weight is 252 g/mol. The van der Waals surface area contributed by atoms with Crippen molar-refractivity contribution >= 4 is 15.7 Å². The van der Waals surface area contributed by atoms with Gasteiger partial charge in [-0.3, -0.25) is 0 Å². The molecule has 0 unspecified atom stereocenters. The van der Waals surface area contributed by atoms with Gasteiger partial charge in [0.2, 0.25) is 10.0 Å². The standard InChI is InChI=1S/C12H16N2O2S/c13-11-7-5-10(6-8-11)9-17(15,16)14-12-3-1-2-4-12/h1-2,5-8,12,14H,3-4,9,13H2. The van der Waals surface area contributed by atoms with Crippen LogP contribution in [0, 0.1) is 0 Å². The van der Waals surface area contributed by atoms with E-state index >= 15 is 0 Å². The van der Waals surface area contributed by atoms with E-state index in [0.717, 1.165) is 18.4 Å². The molecule has 0 aromatic heterocycles. The first-order valence-electron chi connectivity index (χ1n) is 5.54. The molecule has 1 aromatic carbocycles. The minimum Gasteiger partial charge on any atom is -0.399 e. The zero-order chi connectivity index (χ0) is 12.3. The van der Waals surface area contributed by atoms with Crippen LogP contribution in [0.2, 0.25) is 0 Å². The molecule has 0 atom stereocenters. The monoisotopic (exact) mass is 252 g/mol. The molecule has 92 valence electrons.